The van der Waals surface area contributed by atoms with E-state index in [2.05, 4.69) is 5.16 Å². The molecule has 1 aromatic carbocycles. The standard InChI is InChI=1S/C13H13ClFNO3S/c1-8-10(9(2)19-16-8)6-20(17,18)7-11-12(14)4-3-5-13(11)15/h3-5H,6-7H2,1-2H3. The van der Waals surface area contributed by atoms with E-state index in [1.165, 1.54) is 18.2 Å². The Hall–Kier alpha value is -1.40. The fourth-order valence-electron chi connectivity index (χ4n) is 1.87. The molecule has 0 radical (unpaired) electrons. The molecule has 0 atom stereocenters. The lowest BCUT2D eigenvalue weighted by Crippen LogP contribution is -2.10. The molecule has 0 aliphatic heterocycles. The highest BCUT2D eigenvalue weighted by molar-refractivity contribution is 7.89. The Morgan fingerprint density at radius 1 is 1.25 bits per heavy atom. The molecule has 108 valence electrons. The molecule has 0 fully saturated rings. The van der Waals surface area contributed by atoms with E-state index in [1.807, 2.05) is 0 Å². The summed E-state index contributed by atoms with van der Waals surface area (Å²) >= 11 is 5.84. The van der Waals surface area contributed by atoms with E-state index in [-0.39, 0.29) is 16.3 Å². The molecule has 0 spiro atoms. The molecule has 0 saturated carbocycles. The van der Waals surface area contributed by atoms with Crippen LogP contribution in [0, 0.1) is 19.7 Å². The number of hydrogen-bond acceptors (Lipinski definition) is 4. The molecule has 0 unspecified atom stereocenters. The van der Waals surface area contributed by atoms with Crippen molar-refractivity contribution in [2.45, 2.75) is 25.4 Å². The molecule has 20 heavy (non-hydrogen) atoms. The molecular formula is C13H13ClFNO3S. The van der Waals surface area contributed by atoms with Crippen molar-refractivity contribution in [3.8, 4) is 0 Å². The minimum absolute atomic E-state index is 0.0130. The second-order valence-corrected chi connectivity index (χ2v) is 7.01. The Morgan fingerprint density at radius 3 is 2.45 bits per heavy atom. The molecule has 0 amide bonds. The number of benzene rings is 1. The second kappa shape index (κ2) is 5.54. The van der Waals surface area contributed by atoms with Crippen LogP contribution in [0.3, 0.4) is 0 Å². The van der Waals surface area contributed by atoms with Gasteiger partial charge in [-0.1, -0.05) is 22.8 Å². The summed E-state index contributed by atoms with van der Waals surface area (Å²) in [7, 11) is -3.57. The SMILES string of the molecule is Cc1noc(C)c1CS(=O)(=O)Cc1c(F)cccc1Cl. The van der Waals surface area contributed by atoms with Crippen molar-refractivity contribution in [1.82, 2.24) is 5.16 Å². The van der Waals surface area contributed by atoms with Gasteiger partial charge in [0, 0.05) is 16.1 Å². The number of halogens is 2. The molecule has 7 heteroatoms. The van der Waals surface area contributed by atoms with E-state index in [9.17, 15) is 12.8 Å². The van der Waals surface area contributed by atoms with Crippen LogP contribution in [0.25, 0.3) is 0 Å². The second-order valence-electron chi connectivity index (χ2n) is 4.54. The van der Waals surface area contributed by atoms with Crippen molar-refractivity contribution in [3.63, 3.8) is 0 Å². The highest BCUT2D eigenvalue weighted by Crippen LogP contribution is 2.24. The summed E-state index contributed by atoms with van der Waals surface area (Å²) in [6, 6.07) is 4.08. The van der Waals surface area contributed by atoms with Crippen molar-refractivity contribution in [1.29, 1.82) is 0 Å². The van der Waals surface area contributed by atoms with Crippen LogP contribution in [0.1, 0.15) is 22.6 Å². The Bertz CT molecular complexity index is 700. The summed E-state index contributed by atoms with van der Waals surface area (Å²) in [5.74, 6) is -0.882. The quantitative estimate of drug-likeness (QED) is 0.869. The predicted octanol–water partition coefficient (Wildman–Crippen LogP) is 3.20. The lowest BCUT2D eigenvalue weighted by atomic mass is 10.2. The zero-order valence-electron chi connectivity index (χ0n) is 11.0. The van der Waals surface area contributed by atoms with Crippen LogP contribution in [0.15, 0.2) is 22.7 Å². The molecule has 4 nitrogen and oxygen atoms in total. The van der Waals surface area contributed by atoms with Gasteiger partial charge in [-0.2, -0.15) is 0 Å². The van der Waals surface area contributed by atoms with Crippen LogP contribution >= 0.6 is 11.6 Å². The fraction of sp³-hybridized carbons (Fsp3) is 0.308. The highest BCUT2D eigenvalue weighted by atomic mass is 35.5. The molecule has 0 aliphatic carbocycles. The molecule has 2 rings (SSSR count). The van der Waals surface area contributed by atoms with Crippen LogP contribution < -0.4 is 0 Å². The van der Waals surface area contributed by atoms with Crippen molar-refractivity contribution >= 4 is 21.4 Å². The zero-order valence-corrected chi connectivity index (χ0v) is 12.6. The van der Waals surface area contributed by atoms with Crippen molar-refractivity contribution in [2.75, 3.05) is 0 Å². The van der Waals surface area contributed by atoms with E-state index < -0.39 is 21.4 Å². The maximum absolute atomic E-state index is 13.6. The predicted molar refractivity (Wildman–Crippen MR) is 73.7 cm³/mol. The van der Waals surface area contributed by atoms with E-state index in [1.54, 1.807) is 13.8 Å². The number of aryl methyl sites for hydroxylation is 2. The summed E-state index contributed by atoms with van der Waals surface area (Å²) < 4.78 is 42.9. The first-order valence-corrected chi connectivity index (χ1v) is 8.05. The number of rotatable bonds is 4. The number of sulfone groups is 1. The monoisotopic (exact) mass is 317 g/mol. The van der Waals surface area contributed by atoms with Crippen LogP contribution in [0.5, 0.6) is 0 Å². The zero-order chi connectivity index (χ0) is 14.9. The Labute approximate surface area is 121 Å². The van der Waals surface area contributed by atoms with Gasteiger partial charge in [0.25, 0.3) is 0 Å². The van der Waals surface area contributed by atoms with E-state index in [4.69, 9.17) is 16.1 Å². The van der Waals surface area contributed by atoms with E-state index in [0.29, 0.717) is 17.0 Å². The van der Waals surface area contributed by atoms with Gasteiger partial charge in [0.2, 0.25) is 0 Å². The molecule has 0 N–H and O–H groups in total. The molecule has 0 saturated heterocycles. The third kappa shape index (κ3) is 3.19. The Kier molecular flexibility index (Phi) is 4.15. The Morgan fingerprint density at radius 2 is 1.90 bits per heavy atom. The first-order valence-electron chi connectivity index (χ1n) is 5.85. The average molecular weight is 318 g/mol. The van der Waals surface area contributed by atoms with Crippen LogP contribution in [0.4, 0.5) is 4.39 Å². The van der Waals surface area contributed by atoms with Gasteiger partial charge in [0.15, 0.2) is 9.84 Å². The van der Waals surface area contributed by atoms with E-state index in [0.717, 1.165) is 0 Å². The fourth-order valence-corrected chi connectivity index (χ4v) is 3.87. The van der Waals surface area contributed by atoms with Gasteiger partial charge >= 0.3 is 0 Å². The van der Waals surface area contributed by atoms with Crippen molar-refractivity contribution < 1.29 is 17.3 Å². The summed E-state index contributed by atoms with van der Waals surface area (Å²) in [6.07, 6.45) is 0. The number of aromatic nitrogens is 1. The minimum atomic E-state index is -3.57. The smallest absolute Gasteiger partial charge is 0.158 e. The maximum Gasteiger partial charge on any atom is 0.158 e. The highest BCUT2D eigenvalue weighted by Gasteiger charge is 2.22. The van der Waals surface area contributed by atoms with Gasteiger partial charge < -0.3 is 4.52 Å². The Balaban J connectivity index is 2.29. The van der Waals surface area contributed by atoms with Gasteiger partial charge in [-0.15, -0.1) is 0 Å². The van der Waals surface area contributed by atoms with Crippen LogP contribution in [-0.2, 0) is 21.3 Å². The maximum atomic E-state index is 13.6. The molecule has 0 bridgehead atoms. The average Bonchev–Trinajstić information content (AvgIpc) is 2.65. The largest absolute Gasteiger partial charge is 0.361 e. The lowest BCUT2D eigenvalue weighted by molar-refractivity contribution is 0.392. The van der Waals surface area contributed by atoms with Gasteiger partial charge in [-0.05, 0) is 26.0 Å². The summed E-state index contributed by atoms with van der Waals surface area (Å²) in [5.41, 5.74) is 1.02. The first kappa shape index (κ1) is 15.0. The van der Waals surface area contributed by atoms with Crippen molar-refractivity contribution in [3.05, 3.63) is 51.6 Å². The summed E-state index contributed by atoms with van der Waals surface area (Å²) in [4.78, 5) is 0. The van der Waals surface area contributed by atoms with Gasteiger partial charge in [0.1, 0.15) is 11.6 Å². The van der Waals surface area contributed by atoms with E-state index >= 15 is 0 Å². The number of hydrogen-bond donors (Lipinski definition) is 0. The third-order valence-electron chi connectivity index (χ3n) is 2.97. The molecule has 0 aliphatic rings. The van der Waals surface area contributed by atoms with Crippen LogP contribution in [-0.4, -0.2) is 13.6 Å². The minimum Gasteiger partial charge on any atom is -0.361 e. The molecular weight excluding hydrogens is 305 g/mol. The van der Waals surface area contributed by atoms with Gasteiger partial charge in [-0.3, -0.25) is 0 Å². The summed E-state index contributed by atoms with van der Waals surface area (Å²) in [6.45, 7) is 3.30. The van der Waals surface area contributed by atoms with Gasteiger partial charge in [-0.25, -0.2) is 12.8 Å². The normalized spacial score (nSPS) is 11.8. The lowest BCUT2D eigenvalue weighted by Gasteiger charge is -2.07. The third-order valence-corrected chi connectivity index (χ3v) is 4.78. The topological polar surface area (TPSA) is 60.2 Å². The molecule has 1 aromatic heterocycles. The number of nitrogens with zero attached hydrogens (tertiary/aromatic N) is 1. The molecule has 2 aromatic rings. The van der Waals surface area contributed by atoms with Crippen molar-refractivity contribution in [2.24, 2.45) is 0 Å². The summed E-state index contributed by atoms with van der Waals surface area (Å²) in [5, 5.41) is 3.81. The van der Waals surface area contributed by atoms with Crippen LogP contribution in [0.2, 0.25) is 5.02 Å². The van der Waals surface area contributed by atoms with Gasteiger partial charge in [0.05, 0.1) is 17.2 Å². The molecule has 1 heterocycles. The first-order chi connectivity index (χ1) is 9.30.